The average Bonchev–Trinajstić information content (AvgIpc) is 2.96. The lowest BCUT2D eigenvalue weighted by Gasteiger charge is -2.17. The van der Waals surface area contributed by atoms with Crippen molar-refractivity contribution in [1.29, 1.82) is 0 Å². The van der Waals surface area contributed by atoms with Gasteiger partial charge in [0.2, 0.25) is 10.5 Å². The third-order valence-electron chi connectivity index (χ3n) is 16.8. The zero-order valence-electron chi connectivity index (χ0n) is 46.9. The summed E-state index contributed by atoms with van der Waals surface area (Å²) in [5.74, 6) is -4.47. The Morgan fingerprint density at radius 1 is 0.471 bits per heavy atom. The third-order valence-corrected chi connectivity index (χ3v) is 17.7. The number of benzene rings is 3. The second kappa shape index (κ2) is 29.1. The van der Waals surface area contributed by atoms with E-state index in [1.807, 2.05) is 32.1 Å². The molecule has 3 aromatic rings. The van der Waals surface area contributed by atoms with Gasteiger partial charge in [-0.05, 0) is 179 Å². The molecule has 11 rings (SSSR count). The zero-order chi connectivity index (χ0) is 62.9. The summed E-state index contributed by atoms with van der Waals surface area (Å²) in [7, 11) is 0. The van der Waals surface area contributed by atoms with Crippen LogP contribution in [0.25, 0.3) is 6.08 Å². The van der Waals surface area contributed by atoms with Crippen LogP contribution in [0.15, 0.2) is 124 Å². The quantitative estimate of drug-likeness (QED) is 0.0508. The van der Waals surface area contributed by atoms with Crippen LogP contribution in [0, 0.1) is 71.0 Å². The van der Waals surface area contributed by atoms with Crippen molar-refractivity contribution in [3.63, 3.8) is 0 Å². The molecule has 446 valence electrons. The van der Waals surface area contributed by atoms with E-state index < -0.39 is 68.6 Å². The summed E-state index contributed by atoms with van der Waals surface area (Å²) in [5.41, 5.74) is 4.62. The van der Waals surface area contributed by atoms with Gasteiger partial charge in [0.1, 0.15) is 0 Å². The Morgan fingerprint density at radius 2 is 0.847 bits per heavy atom. The van der Waals surface area contributed by atoms with Gasteiger partial charge in [-0.25, -0.2) is 19.2 Å². The fourth-order valence-electron chi connectivity index (χ4n) is 11.8. The topological polar surface area (TPSA) is 242 Å². The minimum absolute atomic E-state index is 0.0574. The molecule has 2 saturated heterocycles. The van der Waals surface area contributed by atoms with Crippen molar-refractivity contribution in [2.75, 3.05) is 0 Å². The molecule has 2 bridgehead atoms. The standard InChI is InChI=1S/C12H12Cl2O2.C12H12O3.C11H12Cl2O2.C11H12O3.C10H6O3.C9H8O3/c1-3-7(2)8-4-5-9(11(13)15)10(6-8)12(14)16;1-3-7(2)8-4-5-9-10(6-8)12(14)15-11(9)13;1-3-6-5-7(4-2)9(11(13)15)8(6)10(12)14;1-3-6-5-7(4-2)9-8(6)10(12)14-11(9)13;1-2-6-3-4-7-8(5-6)10(12)13-9(7)11;10-8-6-4-1-2-5(3-4)7(6)9(11)12-8/h4-7H,3H2,1-2H3;4-7H,3H2,1-2H3;3-4,6-9H,1-2,5H2;3-4,6-9H,1-2,5H2;2-5H,1H2;1-2,4-7H,3H2. The van der Waals surface area contributed by atoms with E-state index in [0.717, 1.165) is 42.4 Å². The summed E-state index contributed by atoms with van der Waals surface area (Å²) in [5, 5.41) is -2.37. The van der Waals surface area contributed by atoms with E-state index in [1.165, 1.54) is 0 Å². The van der Waals surface area contributed by atoms with Gasteiger partial charge in [-0.3, -0.25) is 38.4 Å². The number of ether oxygens (including phenoxy) is 4. The molecule has 4 heterocycles. The molecule has 0 spiro atoms. The monoisotopic (exact) mass is 1240 g/mol. The lowest BCUT2D eigenvalue weighted by molar-refractivity contribution is -0.156. The number of rotatable bonds is 13. The molecule has 14 unspecified atom stereocenters. The summed E-state index contributed by atoms with van der Waals surface area (Å²) in [4.78, 5) is 134. The number of carbonyl (C=O) groups excluding carboxylic acids is 12. The highest BCUT2D eigenvalue weighted by Gasteiger charge is 2.58. The number of hydrogen-bond acceptors (Lipinski definition) is 16. The van der Waals surface area contributed by atoms with Crippen molar-refractivity contribution in [3.05, 3.63) is 174 Å². The predicted molar refractivity (Wildman–Crippen MR) is 316 cm³/mol. The molecule has 3 aromatic carbocycles. The molecule has 85 heavy (non-hydrogen) atoms. The maximum absolute atomic E-state index is 11.4. The second-order valence-electron chi connectivity index (χ2n) is 21.4. The molecular formula is C65H62Cl4O16. The van der Waals surface area contributed by atoms with Crippen LogP contribution in [0.1, 0.15) is 150 Å². The number of fused-ring (bicyclic) bond motifs is 8. The maximum atomic E-state index is 11.4. The number of halogens is 4. The van der Waals surface area contributed by atoms with E-state index in [1.54, 1.807) is 78.9 Å². The van der Waals surface area contributed by atoms with Crippen molar-refractivity contribution in [3.8, 4) is 0 Å². The minimum Gasteiger partial charge on any atom is -0.393 e. The first-order chi connectivity index (χ1) is 40.3. The van der Waals surface area contributed by atoms with Gasteiger partial charge in [-0.2, -0.15) is 0 Å². The van der Waals surface area contributed by atoms with Crippen LogP contribution in [0.5, 0.6) is 0 Å². The van der Waals surface area contributed by atoms with E-state index in [9.17, 15) is 57.5 Å². The average molecular weight is 1240 g/mol. The highest BCUT2D eigenvalue weighted by atomic mass is 35.5. The van der Waals surface area contributed by atoms with E-state index >= 15 is 0 Å². The van der Waals surface area contributed by atoms with E-state index in [0.29, 0.717) is 40.5 Å². The van der Waals surface area contributed by atoms with Gasteiger partial charge < -0.3 is 18.9 Å². The van der Waals surface area contributed by atoms with Crippen molar-refractivity contribution >= 4 is 121 Å². The molecule has 14 atom stereocenters. The Balaban J connectivity index is 0.000000164. The number of hydrogen-bond donors (Lipinski definition) is 0. The van der Waals surface area contributed by atoms with E-state index in [4.69, 9.17) is 46.4 Å². The predicted octanol–water partition coefficient (Wildman–Crippen LogP) is 12.7. The molecule has 0 radical (unpaired) electrons. The fourth-order valence-corrected chi connectivity index (χ4v) is 12.7. The van der Waals surface area contributed by atoms with Crippen molar-refractivity contribution < 1.29 is 76.5 Å². The number of cyclic esters (lactones) is 8. The van der Waals surface area contributed by atoms with Crippen LogP contribution < -0.4 is 0 Å². The summed E-state index contributed by atoms with van der Waals surface area (Å²) < 4.78 is 18.2. The van der Waals surface area contributed by atoms with Crippen LogP contribution in [0.3, 0.4) is 0 Å². The molecule has 4 aliphatic heterocycles. The lowest BCUT2D eigenvalue weighted by atomic mass is 9.85. The Bertz CT molecular complexity index is 3250. The maximum Gasteiger partial charge on any atom is 0.346 e. The molecule has 0 aromatic heterocycles. The number of carbonyl (C=O) groups is 12. The number of esters is 8. The highest BCUT2D eigenvalue weighted by molar-refractivity contribution is 6.72. The molecular weight excluding hydrogens is 1180 g/mol. The zero-order valence-corrected chi connectivity index (χ0v) is 50.0. The Hall–Kier alpha value is -7.50. The first kappa shape index (κ1) is 66.6. The molecule has 20 heteroatoms. The molecule has 0 amide bonds. The van der Waals surface area contributed by atoms with E-state index in [-0.39, 0.29) is 82.2 Å². The largest absolute Gasteiger partial charge is 0.393 e. The van der Waals surface area contributed by atoms with Crippen molar-refractivity contribution in [1.82, 2.24) is 0 Å². The van der Waals surface area contributed by atoms with Gasteiger partial charge in [0.05, 0.1) is 57.8 Å². The van der Waals surface area contributed by atoms with Gasteiger partial charge in [-0.15, -0.1) is 26.3 Å². The molecule has 16 nitrogen and oxygen atoms in total. The summed E-state index contributed by atoms with van der Waals surface area (Å²) in [6, 6.07) is 15.2. The smallest absolute Gasteiger partial charge is 0.346 e. The molecule has 5 fully saturated rings. The van der Waals surface area contributed by atoms with Gasteiger partial charge >= 0.3 is 47.8 Å². The van der Waals surface area contributed by atoms with Crippen LogP contribution in [-0.2, 0) is 47.7 Å². The van der Waals surface area contributed by atoms with Gasteiger partial charge in [-0.1, -0.05) is 95.0 Å². The van der Waals surface area contributed by atoms with Crippen molar-refractivity contribution in [2.24, 2.45) is 71.0 Å². The lowest BCUT2D eigenvalue weighted by Crippen LogP contribution is -2.26. The summed E-state index contributed by atoms with van der Waals surface area (Å²) >= 11 is 21.8. The molecule has 3 saturated carbocycles. The van der Waals surface area contributed by atoms with Gasteiger partial charge in [0, 0.05) is 11.1 Å². The fraction of sp³-hybridized carbons (Fsp3) is 0.354. The summed E-state index contributed by atoms with van der Waals surface area (Å²) in [6.45, 7) is 26.5. The number of allylic oxidation sites excluding steroid dienone is 6. The van der Waals surface area contributed by atoms with Crippen molar-refractivity contribution in [2.45, 2.75) is 71.6 Å². The minimum atomic E-state index is -0.667. The van der Waals surface area contributed by atoms with Gasteiger partial charge in [0.15, 0.2) is 0 Å². The van der Waals surface area contributed by atoms with Crippen LogP contribution in [-0.4, -0.2) is 68.7 Å². The molecule has 0 N–H and O–H groups in total. The van der Waals surface area contributed by atoms with Crippen LogP contribution in [0.2, 0.25) is 0 Å². The van der Waals surface area contributed by atoms with E-state index in [2.05, 4.69) is 65.7 Å². The third kappa shape index (κ3) is 14.6. The normalized spacial score (nSPS) is 26.9. The van der Waals surface area contributed by atoms with Gasteiger partial charge in [0.25, 0.3) is 10.5 Å². The van der Waals surface area contributed by atoms with Crippen LogP contribution >= 0.6 is 46.4 Å². The second-order valence-corrected chi connectivity index (χ2v) is 22.8. The Kier molecular flexibility index (Phi) is 22.8. The SMILES string of the molecule is C=CC1CC(C=C)C(C(=O)Cl)C1C(=O)Cl.C=CC1CC(C=C)C2C(=O)OC(=O)C12.C=Cc1ccc2c(c1)C(=O)OC2=O.CCC(C)c1ccc(C(=O)Cl)c(C(=O)Cl)c1.CCC(C)c1ccc2c(c1)C(=O)OC2=O.O=C1OC(=O)C2C3C=CC(C3)C12. The molecule has 8 aliphatic rings. The molecule has 4 aliphatic carbocycles. The van der Waals surface area contributed by atoms with Crippen LogP contribution in [0.4, 0.5) is 0 Å². The first-order valence-corrected chi connectivity index (χ1v) is 28.9. The first-order valence-electron chi connectivity index (χ1n) is 27.4. The highest BCUT2D eigenvalue weighted by Crippen LogP contribution is 2.52. The summed E-state index contributed by atoms with van der Waals surface area (Å²) in [6.07, 6.45) is 16.8. The Labute approximate surface area is 511 Å². The Morgan fingerprint density at radius 3 is 1.25 bits per heavy atom.